The number of aromatic hydroxyl groups is 1. The van der Waals surface area contributed by atoms with Crippen molar-refractivity contribution in [2.75, 3.05) is 0 Å². The van der Waals surface area contributed by atoms with Gasteiger partial charge in [0.15, 0.2) is 5.65 Å². The van der Waals surface area contributed by atoms with Gasteiger partial charge in [0.2, 0.25) is 5.88 Å². The summed E-state index contributed by atoms with van der Waals surface area (Å²) in [6.45, 7) is 0. The van der Waals surface area contributed by atoms with Gasteiger partial charge in [-0.2, -0.15) is 24.8 Å². The van der Waals surface area contributed by atoms with Crippen LogP contribution in [0.15, 0.2) is 38.7 Å². The number of hydrogen-bond donors (Lipinski definition) is 3. The maximum atomic E-state index is 11.4. The van der Waals surface area contributed by atoms with E-state index in [9.17, 15) is 9.90 Å². The molecule has 0 saturated heterocycles. The second kappa shape index (κ2) is 7.37. The van der Waals surface area contributed by atoms with Crippen LogP contribution in [0.4, 0.5) is 0 Å². The van der Waals surface area contributed by atoms with Gasteiger partial charge in [0.05, 0.1) is 28.3 Å². The predicted octanol–water partition coefficient (Wildman–Crippen LogP) is 0.884. The summed E-state index contributed by atoms with van der Waals surface area (Å²) in [6.07, 6.45) is 5.01. The van der Waals surface area contributed by atoms with Crippen LogP contribution in [0.2, 0.25) is 0 Å². The lowest BCUT2D eigenvalue weighted by Gasteiger charge is -2.06. The number of ether oxygens (including phenoxy) is 1. The summed E-state index contributed by atoms with van der Waals surface area (Å²) in [6, 6.07) is 7.17. The first kappa shape index (κ1) is 19.0. The Morgan fingerprint density at radius 3 is 2.87 bits per heavy atom. The Morgan fingerprint density at radius 2 is 2.19 bits per heavy atom. The number of halogens is 1. The van der Waals surface area contributed by atoms with Crippen LogP contribution in [0.1, 0.15) is 24.1 Å². The molecule has 0 aliphatic heterocycles. The van der Waals surface area contributed by atoms with E-state index in [4.69, 9.17) is 10.00 Å². The highest BCUT2D eigenvalue weighted by Gasteiger charge is 2.21. The molecule has 1 aromatic carbocycles. The standard InChI is InChI=1S/C19H13BrN8O3/c20-12-5-9(7-21)1-4-14(12)31-19-25-15-10(6-13-16(29)26-18(30)24-13)8-22-28(15)17(27-19)23-11-2-3-11/h1,4-6,8,11,29H,2-3H2,(H2,24,26,30)/b10-6+,23-17?. The van der Waals surface area contributed by atoms with Crippen LogP contribution in [0, 0.1) is 11.3 Å². The summed E-state index contributed by atoms with van der Waals surface area (Å²) >= 11 is 3.38. The van der Waals surface area contributed by atoms with Crippen molar-refractivity contribution >= 4 is 27.7 Å². The lowest BCUT2D eigenvalue weighted by atomic mass is 10.2. The zero-order chi connectivity index (χ0) is 21.5. The fraction of sp³-hybridized carbons (Fsp3) is 0.158. The van der Waals surface area contributed by atoms with E-state index in [-0.39, 0.29) is 23.6 Å². The van der Waals surface area contributed by atoms with Gasteiger partial charge < -0.3 is 14.8 Å². The molecule has 0 bridgehead atoms. The van der Waals surface area contributed by atoms with E-state index < -0.39 is 5.69 Å². The number of fused-ring (bicyclic) bond motifs is 1. The molecular weight excluding hydrogens is 468 g/mol. The molecule has 3 aromatic heterocycles. The number of aromatic nitrogens is 6. The summed E-state index contributed by atoms with van der Waals surface area (Å²) in [5.74, 6) is 0.137. The largest absolute Gasteiger partial charge is 0.493 e. The van der Waals surface area contributed by atoms with E-state index in [1.807, 2.05) is 0 Å². The molecule has 0 amide bonds. The molecule has 0 radical (unpaired) electrons. The number of hydrogen-bond acceptors (Lipinski definition) is 8. The first-order valence-electron chi connectivity index (χ1n) is 9.20. The first-order valence-corrected chi connectivity index (χ1v) is 9.99. The van der Waals surface area contributed by atoms with E-state index in [0.29, 0.717) is 32.3 Å². The molecule has 3 heterocycles. The van der Waals surface area contributed by atoms with Gasteiger partial charge in [-0.25, -0.2) is 9.79 Å². The molecule has 1 aliphatic rings. The predicted molar refractivity (Wildman–Crippen MR) is 110 cm³/mol. The maximum Gasteiger partial charge on any atom is 0.327 e. The third-order valence-corrected chi connectivity index (χ3v) is 5.12. The van der Waals surface area contributed by atoms with Crippen molar-refractivity contribution in [1.82, 2.24) is 29.5 Å². The van der Waals surface area contributed by atoms with Crippen molar-refractivity contribution in [2.24, 2.45) is 4.99 Å². The average Bonchev–Trinajstić information content (AvgIpc) is 3.38. The summed E-state index contributed by atoms with van der Waals surface area (Å²) in [5.41, 5.74) is 0.854. The van der Waals surface area contributed by atoms with Gasteiger partial charge in [0.1, 0.15) is 11.4 Å². The molecule has 31 heavy (non-hydrogen) atoms. The Bertz CT molecular complexity index is 1540. The fourth-order valence-corrected chi connectivity index (χ4v) is 3.32. The van der Waals surface area contributed by atoms with Crippen molar-refractivity contribution in [3.05, 3.63) is 61.4 Å². The number of aromatic amines is 2. The quantitative estimate of drug-likeness (QED) is 0.391. The zero-order valence-electron chi connectivity index (χ0n) is 15.7. The van der Waals surface area contributed by atoms with Gasteiger partial charge in [0.25, 0.3) is 5.62 Å². The highest BCUT2D eigenvalue weighted by molar-refractivity contribution is 9.10. The Labute approximate surface area is 181 Å². The Morgan fingerprint density at radius 1 is 1.35 bits per heavy atom. The summed E-state index contributed by atoms with van der Waals surface area (Å²) in [5, 5.41) is 23.7. The van der Waals surface area contributed by atoms with Crippen molar-refractivity contribution in [3.63, 3.8) is 0 Å². The Hall–Kier alpha value is -3.98. The van der Waals surface area contributed by atoms with Crippen molar-refractivity contribution in [1.29, 1.82) is 5.26 Å². The summed E-state index contributed by atoms with van der Waals surface area (Å²) < 4.78 is 7.91. The lowest BCUT2D eigenvalue weighted by molar-refractivity contribution is 0.433. The van der Waals surface area contributed by atoms with Gasteiger partial charge in [-0.05, 0) is 53.0 Å². The Kier molecular flexibility index (Phi) is 4.52. The highest BCUT2D eigenvalue weighted by atomic mass is 79.9. The number of benzene rings is 1. The highest BCUT2D eigenvalue weighted by Crippen LogP contribution is 2.28. The third kappa shape index (κ3) is 3.78. The van der Waals surface area contributed by atoms with Crippen LogP contribution < -0.4 is 21.3 Å². The fourth-order valence-electron chi connectivity index (χ4n) is 2.86. The third-order valence-electron chi connectivity index (χ3n) is 4.50. The monoisotopic (exact) mass is 480 g/mol. The minimum atomic E-state index is -0.533. The van der Waals surface area contributed by atoms with Crippen LogP contribution in [-0.2, 0) is 0 Å². The Balaban J connectivity index is 1.66. The molecule has 1 saturated carbocycles. The first-order chi connectivity index (χ1) is 15.0. The normalized spacial score (nSPS) is 14.8. The van der Waals surface area contributed by atoms with Gasteiger partial charge >= 0.3 is 11.7 Å². The van der Waals surface area contributed by atoms with Gasteiger partial charge in [-0.3, -0.25) is 4.98 Å². The van der Waals surface area contributed by atoms with E-state index in [0.717, 1.165) is 12.8 Å². The molecule has 0 unspecified atom stereocenters. The minimum absolute atomic E-state index is 0.0410. The minimum Gasteiger partial charge on any atom is -0.493 e. The molecule has 1 fully saturated rings. The second-order valence-electron chi connectivity index (χ2n) is 6.85. The molecule has 3 N–H and O–H groups in total. The van der Waals surface area contributed by atoms with E-state index in [1.54, 1.807) is 18.2 Å². The van der Waals surface area contributed by atoms with Crippen LogP contribution in [0.5, 0.6) is 17.6 Å². The van der Waals surface area contributed by atoms with E-state index >= 15 is 0 Å². The summed E-state index contributed by atoms with van der Waals surface area (Å²) in [4.78, 5) is 29.6. The van der Waals surface area contributed by atoms with Crippen molar-refractivity contribution in [3.8, 4) is 23.7 Å². The molecule has 1 aliphatic carbocycles. The smallest absolute Gasteiger partial charge is 0.327 e. The molecular formula is C19H13BrN8O3. The molecule has 5 rings (SSSR count). The van der Waals surface area contributed by atoms with Crippen LogP contribution in [-0.4, -0.2) is 40.7 Å². The molecule has 4 aromatic rings. The summed E-state index contributed by atoms with van der Waals surface area (Å²) in [7, 11) is 0. The van der Waals surface area contributed by atoms with E-state index in [2.05, 4.69) is 52.0 Å². The van der Waals surface area contributed by atoms with Crippen LogP contribution in [0.25, 0.3) is 11.7 Å². The van der Waals surface area contributed by atoms with Crippen molar-refractivity contribution in [2.45, 2.75) is 18.9 Å². The van der Waals surface area contributed by atoms with Crippen molar-refractivity contribution < 1.29 is 9.84 Å². The number of rotatable bonds is 4. The number of nitrogens with one attached hydrogen (secondary N) is 2. The number of imidazole rings is 1. The number of H-pyrrole nitrogens is 2. The number of nitriles is 1. The van der Waals surface area contributed by atoms with Gasteiger partial charge in [-0.15, -0.1) is 0 Å². The lowest BCUT2D eigenvalue weighted by Crippen LogP contribution is -2.23. The van der Waals surface area contributed by atoms with Crippen LogP contribution >= 0.6 is 15.9 Å². The topological polar surface area (TPSA) is 157 Å². The average molecular weight is 481 g/mol. The van der Waals surface area contributed by atoms with Gasteiger partial charge in [0, 0.05) is 5.22 Å². The SMILES string of the molecule is N#Cc1ccc(Oc2nc(=NC3CC3)n3nc/c(=C\c4[nH]c(=O)[nH]c4O)c3n2)c(Br)c1. The number of nitrogens with zero attached hydrogens (tertiary/aromatic N) is 6. The van der Waals surface area contributed by atoms with E-state index in [1.165, 1.54) is 16.8 Å². The van der Waals surface area contributed by atoms with Gasteiger partial charge in [-0.1, -0.05) is 0 Å². The zero-order valence-corrected chi connectivity index (χ0v) is 17.3. The maximum absolute atomic E-state index is 11.4. The molecule has 12 heteroatoms. The second-order valence-corrected chi connectivity index (χ2v) is 7.70. The van der Waals surface area contributed by atoms with Crippen LogP contribution in [0.3, 0.4) is 0 Å². The molecule has 154 valence electrons. The molecule has 0 atom stereocenters. The molecule has 11 nitrogen and oxygen atoms in total. The molecule has 0 spiro atoms.